The minimum absolute atomic E-state index is 0.106. The molecule has 8 heteroatoms. The second kappa shape index (κ2) is 6.24. The van der Waals surface area contributed by atoms with Crippen LogP contribution < -0.4 is 0 Å². The highest BCUT2D eigenvalue weighted by Gasteiger charge is 2.43. The summed E-state index contributed by atoms with van der Waals surface area (Å²) in [7, 11) is -1.88. The van der Waals surface area contributed by atoms with Crippen molar-refractivity contribution in [1.82, 2.24) is 14.4 Å². The van der Waals surface area contributed by atoms with Crippen LogP contribution in [0.5, 0.6) is 0 Å². The van der Waals surface area contributed by atoms with Gasteiger partial charge in [0.1, 0.15) is 11.0 Å². The van der Waals surface area contributed by atoms with Crippen molar-refractivity contribution in [2.75, 3.05) is 20.1 Å². The summed E-state index contributed by atoms with van der Waals surface area (Å²) in [6, 6.07) is 1.72. The van der Waals surface area contributed by atoms with Gasteiger partial charge in [-0.1, -0.05) is 18.0 Å². The molecule has 1 aliphatic heterocycles. The third-order valence-electron chi connectivity index (χ3n) is 4.78. The van der Waals surface area contributed by atoms with Gasteiger partial charge in [-0.15, -0.1) is 0 Å². The monoisotopic (exact) mass is 341 g/mol. The summed E-state index contributed by atoms with van der Waals surface area (Å²) < 4.78 is 31.3. The van der Waals surface area contributed by atoms with E-state index >= 15 is 0 Å². The number of carbonyl (C=O) groups excluding carboxylic acids is 1. The molecule has 1 aliphatic carbocycles. The van der Waals surface area contributed by atoms with Crippen molar-refractivity contribution < 1.29 is 17.7 Å². The molecule has 0 unspecified atom stereocenters. The van der Waals surface area contributed by atoms with Gasteiger partial charge in [0.25, 0.3) is 0 Å². The van der Waals surface area contributed by atoms with Crippen LogP contribution in [0.3, 0.4) is 0 Å². The molecule has 1 aromatic rings. The maximum Gasteiger partial charge on any atom is 0.225 e. The highest BCUT2D eigenvalue weighted by Crippen LogP contribution is 2.30. The lowest BCUT2D eigenvalue weighted by molar-refractivity contribution is -0.138. The van der Waals surface area contributed by atoms with Crippen LogP contribution in [0.1, 0.15) is 37.1 Å². The van der Waals surface area contributed by atoms with Gasteiger partial charge in [0.15, 0.2) is 0 Å². The Morgan fingerprint density at radius 2 is 2.04 bits per heavy atom. The van der Waals surface area contributed by atoms with Gasteiger partial charge in [-0.3, -0.25) is 4.79 Å². The third-order valence-corrected chi connectivity index (χ3v) is 6.92. The molecule has 0 aromatic carbocycles. The molecular weight excluding hydrogens is 318 g/mol. The molecule has 0 spiro atoms. The number of amides is 1. The van der Waals surface area contributed by atoms with Crippen molar-refractivity contribution in [3.63, 3.8) is 0 Å². The summed E-state index contributed by atoms with van der Waals surface area (Å²) >= 11 is 0. The first-order valence-corrected chi connectivity index (χ1v) is 9.54. The molecule has 23 heavy (non-hydrogen) atoms. The molecule has 1 amide bonds. The average molecular weight is 341 g/mol. The van der Waals surface area contributed by atoms with E-state index in [0.29, 0.717) is 24.5 Å². The zero-order valence-corrected chi connectivity index (χ0v) is 14.4. The summed E-state index contributed by atoms with van der Waals surface area (Å²) in [5.74, 6) is 0.890. The lowest BCUT2D eigenvalue weighted by Gasteiger charge is -2.41. The van der Waals surface area contributed by atoms with Crippen LogP contribution in [-0.4, -0.2) is 54.1 Å². The minimum atomic E-state index is -3.42. The summed E-state index contributed by atoms with van der Waals surface area (Å²) in [4.78, 5) is 13.9. The Bertz CT molecular complexity index is 673. The van der Waals surface area contributed by atoms with E-state index in [2.05, 4.69) is 5.16 Å². The van der Waals surface area contributed by atoms with E-state index in [-0.39, 0.29) is 18.4 Å². The number of aryl methyl sites for hydroxylation is 1. The number of hydrogen-bond donors (Lipinski definition) is 0. The minimum Gasteiger partial charge on any atom is -0.361 e. The van der Waals surface area contributed by atoms with Crippen LogP contribution >= 0.6 is 0 Å². The lowest BCUT2D eigenvalue weighted by atomic mass is 10.0. The largest absolute Gasteiger partial charge is 0.361 e. The zero-order valence-electron chi connectivity index (χ0n) is 13.6. The fourth-order valence-electron chi connectivity index (χ4n) is 3.30. The van der Waals surface area contributed by atoms with Gasteiger partial charge in [0, 0.05) is 32.1 Å². The number of hydrogen-bond acceptors (Lipinski definition) is 5. The molecule has 1 saturated heterocycles. The van der Waals surface area contributed by atoms with E-state index in [1.54, 1.807) is 24.9 Å². The van der Waals surface area contributed by atoms with E-state index in [0.717, 1.165) is 25.7 Å². The standard InChI is InChI=1S/C15H23N3O4S/c1-11-7-13(16-22-11)8-17(2)23(20,21)14-9-18(10-14)15(19)12-5-3-4-6-12/h7,12,14H,3-6,8-10H2,1-2H3. The topological polar surface area (TPSA) is 83.7 Å². The first kappa shape index (κ1) is 16.4. The molecule has 2 heterocycles. The summed E-state index contributed by atoms with van der Waals surface area (Å²) in [6.07, 6.45) is 4.09. The van der Waals surface area contributed by atoms with E-state index in [1.165, 1.54) is 4.31 Å². The molecule has 128 valence electrons. The Kier molecular flexibility index (Phi) is 4.46. The molecule has 0 bridgehead atoms. The van der Waals surface area contributed by atoms with E-state index in [1.807, 2.05) is 0 Å². The normalized spacial score (nSPS) is 20.2. The van der Waals surface area contributed by atoms with Crippen molar-refractivity contribution >= 4 is 15.9 Å². The van der Waals surface area contributed by atoms with Crippen molar-refractivity contribution in [1.29, 1.82) is 0 Å². The van der Waals surface area contributed by atoms with Crippen LogP contribution in [0, 0.1) is 12.8 Å². The Morgan fingerprint density at radius 3 is 2.61 bits per heavy atom. The molecule has 2 fully saturated rings. The van der Waals surface area contributed by atoms with Gasteiger partial charge in [-0.2, -0.15) is 4.31 Å². The Labute approximate surface area is 136 Å². The SMILES string of the molecule is Cc1cc(CN(C)S(=O)(=O)C2CN(C(=O)C3CCCC3)C2)no1. The predicted molar refractivity (Wildman–Crippen MR) is 84.0 cm³/mol. The fraction of sp³-hybridized carbons (Fsp3) is 0.733. The third kappa shape index (κ3) is 3.28. The highest BCUT2D eigenvalue weighted by molar-refractivity contribution is 7.89. The van der Waals surface area contributed by atoms with E-state index in [4.69, 9.17) is 4.52 Å². The van der Waals surface area contributed by atoms with Gasteiger partial charge in [-0.05, 0) is 19.8 Å². The quantitative estimate of drug-likeness (QED) is 0.802. The Balaban J connectivity index is 1.55. The molecule has 0 radical (unpaired) electrons. The summed E-state index contributed by atoms with van der Waals surface area (Å²) in [6.45, 7) is 2.57. The number of likely N-dealkylation sites (tertiary alicyclic amines) is 1. The Morgan fingerprint density at radius 1 is 1.39 bits per heavy atom. The maximum atomic E-state index is 12.5. The van der Waals surface area contributed by atoms with E-state index in [9.17, 15) is 13.2 Å². The second-order valence-corrected chi connectivity index (χ2v) is 8.90. The number of nitrogens with zero attached hydrogens (tertiary/aromatic N) is 3. The van der Waals surface area contributed by atoms with Crippen LogP contribution in [0.25, 0.3) is 0 Å². The van der Waals surface area contributed by atoms with E-state index < -0.39 is 15.3 Å². The van der Waals surface area contributed by atoms with Crippen LogP contribution in [0.4, 0.5) is 0 Å². The molecule has 0 atom stereocenters. The van der Waals surface area contributed by atoms with Crippen molar-refractivity contribution in [3.05, 3.63) is 17.5 Å². The van der Waals surface area contributed by atoms with Crippen LogP contribution in [0.2, 0.25) is 0 Å². The van der Waals surface area contributed by atoms with Gasteiger partial charge in [0.05, 0.1) is 12.2 Å². The molecule has 0 N–H and O–H groups in total. The molecule has 1 aromatic heterocycles. The van der Waals surface area contributed by atoms with Gasteiger partial charge < -0.3 is 9.42 Å². The van der Waals surface area contributed by atoms with Crippen LogP contribution in [0.15, 0.2) is 10.6 Å². The highest BCUT2D eigenvalue weighted by atomic mass is 32.2. The van der Waals surface area contributed by atoms with Crippen molar-refractivity contribution in [3.8, 4) is 0 Å². The smallest absolute Gasteiger partial charge is 0.225 e. The predicted octanol–water partition coefficient (Wildman–Crippen LogP) is 1.15. The second-order valence-electron chi connectivity index (χ2n) is 6.58. The molecule has 3 rings (SSSR count). The summed E-state index contributed by atoms with van der Waals surface area (Å²) in [5.41, 5.74) is 0.590. The molecular formula is C15H23N3O4S. The number of carbonyl (C=O) groups is 1. The van der Waals surface area contributed by atoms with Crippen LogP contribution in [-0.2, 0) is 21.4 Å². The Hall–Kier alpha value is -1.41. The number of sulfonamides is 1. The maximum absolute atomic E-state index is 12.5. The average Bonchev–Trinajstić information content (AvgIpc) is 3.08. The first-order valence-electron chi connectivity index (χ1n) is 8.04. The fourth-order valence-corrected chi connectivity index (χ4v) is 4.86. The molecule has 7 nitrogen and oxygen atoms in total. The molecule has 2 aliphatic rings. The number of aromatic nitrogens is 1. The van der Waals surface area contributed by atoms with Gasteiger partial charge in [0.2, 0.25) is 15.9 Å². The molecule has 1 saturated carbocycles. The van der Waals surface area contributed by atoms with Gasteiger partial charge >= 0.3 is 0 Å². The number of rotatable bonds is 5. The van der Waals surface area contributed by atoms with Crippen molar-refractivity contribution in [2.24, 2.45) is 5.92 Å². The lowest BCUT2D eigenvalue weighted by Crippen LogP contribution is -2.60. The zero-order chi connectivity index (χ0) is 16.6. The summed E-state index contributed by atoms with van der Waals surface area (Å²) in [5, 5.41) is 3.31. The first-order chi connectivity index (χ1) is 10.9. The van der Waals surface area contributed by atoms with Gasteiger partial charge in [-0.25, -0.2) is 8.42 Å². The van der Waals surface area contributed by atoms with Crippen molar-refractivity contribution in [2.45, 2.75) is 44.4 Å².